The van der Waals surface area contributed by atoms with Gasteiger partial charge >= 0.3 is 7.82 Å². The van der Waals surface area contributed by atoms with Crippen LogP contribution in [0.4, 0.5) is 0 Å². The van der Waals surface area contributed by atoms with E-state index in [0.717, 1.165) is 6.42 Å². The van der Waals surface area contributed by atoms with Gasteiger partial charge in [-0.15, -0.1) is 0 Å². The lowest BCUT2D eigenvalue weighted by molar-refractivity contribution is -0.870. The zero-order chi connectivity index (χ0) is 15.7. The summed E-state index contributed by atoms with van der Waals surface area (Å²) >= 11 is 0. The molecule has 0 aromatic carbocycles. The first-order valence-corrected chi connectivity index (χ1v) is 7.30. The number of allylic oxidation sites excluding steroid dienone is 1. The van der Waals surface area contributed by atoms with Crippen molar-refractivity contribution in [1.82, 2.24) is 0 Å². The van der Waals surface area contributed by atoms with Crippen molar-refractivity contribution in [2.75, 3.05) is 34.3 Å². The Morgan fingerprint density at radius 2 is 1.84 bits per heavy atom. The number of hydrogen-bond donors (Lipinski definition) is 2. The molecule has 0 heterocycles. The molecule has 0 aliphatic heterocycles. The average Bonchev–Trinajstić information content (AvgIpc) is 2.14. The van der Waals surface area contributed by atoms with Gasteiger partial charge < -0.3 is 24.2 Å². The third kappa shape index (κ3) is 19.8. The smallest absolute Gasteiger partial charge is 0.469 e. The van der Waals surface area contributed by atoms with E-state index in [2.05, 4.69) is 4.52 Å². The van der Waals surface area contributed by atoms with Gasteiger partial charge in [-0.05, 0) is 18.9 Å². The van der Waals surface area contributed by atoms with Gasteiger partial charge in [0.25, 0.3) is 0 Å². The van der Waals surface area contributed by atoms with Gasteiger partial charge in [-0.25, -0.2) is 4.57 Å². The van der Waals surface area contributed by atoms with Gasteiger partial charge in [0, 0.05) is 0 Å². The number of aliphatic carboxylic acids is 1. The summed E-state index contributed by atoms with van der Waals surface area (Å²) < 4.78 is 15.1. The Morgan fingerprint density at radius 3 is 2.05 bits per heavy atom. The molecule has 114 valence electrons. The van der Waals surface area contributed by atoms with Crippen LogP contribution in [-0.2, 0) is 13.9 Å². The SMILES string of the molecule is CCC=C(C)C(=O)[O-].C[N+](C)(C)CCOP(=O)(O)O. The molecular formula is C11H24NO6P. The number of nitrogens with zero attached hydrogens (tertiary/aromatic N) is 1. The number of likely N-dealkylation sites (N-methyl/N-ethyl adjacent to an activating group) is 1. The molecular weight excluding hydrogens is 273 g/mol. The molecule has 0 aromatic heterocycles. The van der Waals surface area contributed by atoms with Crippen LogP contribution in [0.3, 0.4) is 0 Å². The van der Waals surface area contributed by atoms with E-state index in [1.165, 1.54) is 6.92 Å². The summed E-state index contributed by atoms with van der Waals surface area (Å²) in [6.07, 6.45) is 2.37. The van der Waals surface area contributed by atoms with Crippen LogP contribution in [0.5, 0.6) is 0 Å². The molecule has 0 spiro atoms. The van der Waals surface area contributed by atoms with Crippen molar-refractivity contribution in [3.05, 3.63) is 11.6 Å². The van der Waals surface area contributed by atoms with Crippen molar-refractivity contribution in [2.45, 2.75) is 20.3 Å². The highest BCUT2D eigenvalue weighted by Crippen LogP contribution is 2.35. The largest absolute Gasteiger partial charge is 0.545 e. The van der Waals surface area contributed by atoms with E-state index < -0.39 is 13.8 Å². The summed E-state index contributed by atoms with van der Waals surface area (Å²) in [5.74, 6) is -1.08. The van der Waals surface area contributed by atoms with E-state index in [0.29, 0.717) is 16.6 Å². The quantitative estimate of drug-likeness (QED) is 0.402. The Hall–Kier alpha value is -0.720. The first-order valence-electron chi connectivity index (χ1n) is 5.77. The molecule has 0 rings (SSSR count). The van der Waals surface area contributed by atoms with Crippen molar-refractivity contribution in [3.8, 4) is 0 Å². The van der Waals surface area contributed by atoms with Gasteiger partial charge in [0.1, 0.15) is 13.2 Å². The van der Waals surface area contributed by atoms with Crippen LogP contribution in [0.25, 0.3) is 0 Å². The predicted molar refractivity (Wildman–Crippen MR) is 70.0 cm³/mol. The van der Waals surface area contributed by atoms with E-state index >= 15 is 0 Å². The lowest BCUT2D eigenvalue weighted by atomic mass is 10.2. The maximum absolute atomic E-state index is 10.2. The van der Waals surface area contributed by atoms with Crippen LogP contribution in [0.1, 0.15) is 20.3 Å². The summed E-state index contributed by atoms with van der Waals surface area (Å²) in [7, 11) is 1.50. The molecule has 0 aliphatic carbocycles. The molecule has 0 radical (unpaired) electrons. The van der Waals surface area contributed by atoms with Crippen LogP contribution in [-0.4, -0.2) is 54.5 Å². The van der Waals surface area contributed by atoms with E-state index in [1.807, 2.05) is 28.1 Å². The molecule has 0 atom stereocenters. The average molecular weight is 297 g/mol. The third-order valence-electron chi connectivity index (χ3n) is 1.85. The number of phosphoric ester groups is 1. The highest BCUT2D eigenvalue weighted by Gasteiger charge is 2.15. The van der Waals surface area contributed by atoms with Crippen molar-refractivity contribution in [2.24, 2.45) is 0 Å². The Kier molecular flexibility index (Phi) is 10.0. The number of carbonyl (C=O) groups is 1. The highest BCUT2D eigenvalue weighted by atomic mass is 31.2. The van der Waals surface area contributed by atoms with Crippen LogP contribution in [0.15, 0.2) is 11.6 Å². The summed E-state index contributed by atoms with van der Waals surface area (Å²) in [5.41, 5.74) is 0.313. The van der Waals surface area contributed by atoms with Crippen molar-refractivity contribution < 1.29 is 33.3 Å². The Labute approximate surface area is 114 Å². The number of hydrogen-bond acceptors (Lipinski definition) is 4. The molecule has 0 amide bonds. The van der Waals surface area contributed by atoms with Crippen LogP contribution in [0, 0.1) is 0 Å². The van der Waals surface area contributed by atoms with E-state index in [1.54, 1.807) is 6.08 Å². The van der Waals surface area contributed by atoms with Crippen molar-refractivity contribution >= 4 is 13.8 Å². The van der Waals surface area contributed by atoms with Gasteiger partial charge in [-0.1, -0.05) is 13.0 Å². The summed E-state index contributed by atoms with van der Waals surface area (Å²) in [6, 6.07) is 0. The first-order chi connectivity index (χ1) is 8.39. The molecule has 2 N–H and O–H groups in total. The number of quaternary nitrogens is 1. The number of carboxylic acids is 1. The number of carboxylic acid groups (broad SMARTS) is 1. The molecule has 0 aliphatic rings. The molecule has 0 saturated heterocycles. The van der Waals surface area contributed by atoms with Crippen LogP contribution < -0.4 is 5.11 Å². The maximum atomic E-state index is 10.2. The maximum Gasteiger partial charge on any atom is 0.469 e. The standard InChI is InChI=1S/C6H10O2.C5H14NO4P/c1-3-4-5(2)6(7)8;1-6(2,3)4-5-10-11(7,8)9/h4H,3H2,1-2H3,(H,7,8);4-5H2,1-3H3,(H-,7,8,9). The molecule has 0 aromatic rings. The second kappa shape index (κ2) is 9.23. The molecule has 0 unspecified atom stereocenters. The Morgan fingerprint density at radius 1 is 1.37 bits per heavy atom. The van der Waals surface area contributed by atoms with Gasteiger partial charge in [0.15, 0.2) is 0 Å². The monoisotopic (exact) mass is 297 g/mol. The molecule has 0 saturated carbocycles. The van der Waals surface area contributed by atoms with Crippen molar-refractivity contribution in [3.63, 3.8) is 0 Å². The zero-order valence-electron chi connectivity index (χ0n) is 12.1. The van der Waals surface area contributed by atoms with Crippen LogP contribution >= 0.6 is 7.82 Å². The fourth-order valence-corrected chi connectivity index (χ4v) is 1.14. The number of rotatable bonds is 6. The summed E-state index contributed by atoms with van der Waals surface area (Å²) in [5, 5.41) is 9.91. The molecule has 8 heteroatoms. The molecule has 0 fully saturated rings. The topological polar surface area (TPSA) is 107 Å². The number of carbonyl (C=O) groups excluding carboxylic acids is 1. The molecule has 19 heavy (non-hydrogen) atoms. The van der Waals surface area contributed by atoms with Gasteiger partial charge in [0.05, 0.1) is 27.1 Å². The zero-order valence-corrected chi connectivity index (χ0v) is 13.0. The Bertz CT molecular complexity index is 342. The fraction of sp³-hybridized carbons (Fsp3) is 0.727. The normalized spacial score (nSPS) is 12.7. The first kappa shape index (κ1) is 20.6. The van der Waals surface area contributed by atoms with E-state index in [4.69, 9.17) is 9.79 Å². The minimum atomic E-state index is -4.26. The summed E-state index contributed by atoms with van der Waals surface area (Å²) in [4.78, 5) is 26.5. The van der Waals surface area contributed by atoms with Crippen LogP contribution in [0.2, 0.25) is 0 Å². The van der Waals surface area contributed by atoms with Gasteiger partial charge in [-0.3, -0.25) is 4.52 Å². The summed E-state index contributed by atoms with van der Waals surface area (Å²) in [6.45, 7) is 4.06. The predicted octanol–water partition coefficient (Wildman–Crippen LogP) is -0.106. The van der Waals surface area contributed by atoms with E-state index in [-0.39, 0.29) is 6.61 Å². The van der Waals surface area contributed by atoms with Crippen molar-refractivity contribution in [1.29, 1.82) is 0 Å². The molecule has 7 nitrogen and oxygen atoms in total. The lowest BCUT2D eigenvalue weighted by Crippen LogP contribution is -2.37. The second-order valence-corrected chi connectivity index (χ2v) is 6.16. The minimum absolute atomic E-state index is 0.0772. The van der Waals surface area contributed by atoms with Gasteiger partial charge in [-0.2, -0.15) is 0 Å². The van der Waals surface area contributed by atoms with Gasteiger partial charge in [0.2, 0.25) is 0 Å². The number of phosphoric acid groups is 1. The van der Waals surface area contributed by atoms with E-state index in [9.17, 15) is 14.5 Å². The minimum Gasteiger partial charge on any atom is -0.545 e. The lowest BCUT2D eigenvalue weighted by Gasteiger charge is -2.23. The molecule has 0 bridgehead atoms. The fourth-order valence-electron chi connectivity index (χ4n) is 0.823. The highest BCUT2D eigenvalue weighted by molar-refractivity contribution is 7.46. The second-order valence-electron chi connectivity index (χ2n) is 4.92. The third-order valence-corrected chi connectivity index (χ3v) is 2.37. The Balaban J connectivity index is 0.